The average Bonchev–Trinajstić information content (AvgIpc) is 2.61. The molecule has 0 unspecified atom stereocenters. The maximum absolute atomic E-state index is 12.8. The number of rotatable bonds is 8. The highest BCUT2D eigenvalue weighted by molar-refractivity contribution is 5.80. The molecule has 0 aliphatic rings. The number of halogens is 1. The fraction of sp³-hybridized carbons (Fsp3) is 0.176. The van der Waals surface area contributed by atoms with Crippen LogP contribution in [0.3, 0.4) is 0 Å². The number of carbonyl (C=O) groups excluding carboxylic acids is 1. The summed E-state index contributed by atoms with van der Waals surface area (Å²) in [5.41, 5.74) is 1.35. The second kappa shape index (κ2) is 9.11. The Morgan fingerprint density at radius 2 is 2.04 bits per heavy atom. The van der Waals surface area contributed by atoms with Crippen molar-refractivity contribution >= 4 is 17.8 Å². The average molecular weight is 345 g/mol. The minimum absolute atomic E-state index is 0.0533. The van der Waals surface area contributed by atoms with Crippen molar-refractivity contribution in [3.05, 3.63) is 75.6 Å². The largest absolute Gasteiger partial charge is 0.386 e. The number of nitro benzene ring substituents is 1. The minimum Gasteiger partial charge on any atom is -0.386 e. The number of non-ortho nitro benzene ring substituents is 1. The predicted molar refractivity (Wildman–Crippen MR) is 89.8 cm³/mol. The summed E-state index contributed by atoms with van der Waals surface area (Å²) in [6, 6.07) is 11.9. The number of nitrogens with one attached hydrogen (secondary N) is 1. The zero-order valence-electron chi connectivity index (χ0n) is 13.2. The molecule has 0 aliphatic carbocycles. The Labute approximate surface area is 143 Å². The van der Waals surface area contributed by atoms with E-state index in [4.69, 9.17) is 4.84 Å². The number of oxime groups is 1. The Kier molecular flexibility index (Phi) is 6.58. The molecule has 7 nitrogen and oxygen atoms in total. The second-order valence-electron chi connectivity index (χ2n) is 5.09. The fourth-order valence-corrected chi connectivity index (χ4v) is 1.96. The molecule has 130 valence electrons. The first-order valence-electron chi connectivity index (χ1n) is 7.45. The number of hydrogen-bond donors (Lipinski definition) is 1. The van der Waals surface area contributed by atoms with Gasteiger partial charge in [-0.15, -0.1) is 0 Å². The third-order valence-electron chi connectivity index (χ3n) is 3.20. The number of carbonyl (C=O) groups is 1. The number of nitro groups is 1. The van der Waals surface area contributed by atoms with Crippen molar-refractivity contribution in [3.63, 3.8) is 0 Å². The van der Waals surface area contributed by atoms with E-state index in [1.165, 1.54) is 36.5 Å². The van der Waals surface area contributed by atoms with Gasteiger partial charge in [0.1, 0.15) is 5.82 Å². The van der Waals surface area contributed by atoms with Crippen molar-refractivity contribution in [2.24, 2.45) is 5.16 Å². The number of amides is 1. The molecular weight excluding hydrogens is 329 g/mol. The van der Waals surface area contributed by atoms with Gasteiger partial charge in [-0.2, -0.15) is 0 Å². The molecule has 8 heteroatoms. The van der Waals surface area contributed by atoms with E-state index in [1.54, 1.807) is 18.2 Å². The molecule has 0 bridgehead atoms. The summed E-state index contributed by atoms with van der Waals surface area (Å²) in [5.74, 6) is -0.652. The van der Waals surface area contributed by atoms with Crippen molar-refractivity contribution in [1.29, 1.82) is 0 Å². The van der Waals surface area contributed by atoms with Crippen molar-refractivity contribution in [2.45, 2.75) is 6.42 Å². The highest BCUT2D eigenvalue weighted by Gasteiger charge is 2.04. The molecule has 2 rings (SSSR count). The van der Waals surface area contributed by atoms with Crippen LogP contribution < -0.4 is 5.32 Å². The van der Waals surface area contributed by atoms with Gasteiger partial charge in [0.15, 0.2) is 6.61 Å². The van der Waals surface area contributed by atoms with E-state index in [2.05, 4.69) is 10.5 Å². The normalized spacial score (nSPS) is 10.6. The van der Waals surface area contributed by atoms with E-state index in [0.717, 1.165) is 5.56 Å². The van der Waals surface area contributed by atoms with Gasteiger partial charge >= 0.3 is 0 Å². The van der Waals surface area contributed by atoms with Gasteiger partial charge in [0.05, 0.1) is 11.1 Å². The van der Waals surface area contributed by atoms with Crippen LogP contribution in [0.15, 0.2) is 53.7 Å². The molecule has 1 amide bonds. The van der Waals surface area contributed by atoms with Gasteiger partial charge < -0.3 is 10.2 Å². The van der Waals surface area contributed by atoms with Gasteiger partial charge in [0.2, 0.25) is 0 Å². The van der Waals surface area contributed by atoms with Gasteiger partial charge in [-0.25, -0.2) is 4.39 Å². The van der Waals surface area contributed by atoms with E-state index in [1.807, 2.05) is 0 Å². The Bertz CT molecular complexity index is 763. The van der Waals surface area contributed by atoms with Crippen LogP contribution in [0.4, 0.5) is 10.1 Å². The van der Waals surface area contributed by atoms with Crippen LogP contribution in [-0.2, 0) is 16.1 Å². The molecule has 0 radical (unpaired) electrons. The van der Waals surface area contributed by atoms with E-state index in [-0.39, 0.29) is 24.0 Å². The van der Waals surface area contributed by atoms with Crippen molar-refractivity contribution < 1.29 is 18.9 Å². The molecule has 0 heterocycles. The van der Waals surface area contributed by atoms with E-state index in [0.29, 0.717) is 18.5 Å². The second-order valence-corrected chi connectivity index (χ2v) is 5.09. The van der Waals surface area contributed by atoms with Gasteiger partial charge in [-0.3, -0.25) is 14.9 Å². The molecule has 25 heavy (non-hydrogen) atoms. The summed E-state index contributed by atoms with van der Waals surface area (Å²) in [6.45, 7) is 0.122. The highest BCUT2D eigenvalue weighted by Crippen LogP contribution is 2.11. The van der Waals surface area contributed by atoms with Crippen LogP contribution in [-0.4, -0.2) is 30.2 Å². The summed E-state index contributed by atoms with van der Waals surface area (Å²) in [5, 5.41) is 16.9. The maximum atomic E-state index is 12.8. The molecule has 0 atom stereocenters. The van der Waals surface area contributed by atoms with Gasteiger partial charge in [-0.1, -0.05) is 29.4 Å². The molecular formula is C17H16FN3O4. The first-order chi connectivity index (χ1) is 12.0. The lowest BCUT2D eigenvalue weighted by Gasteiger charge is -2.04. The summed E-state index contributed by atoms with van der Waals surface area (Å²) in [7, 11) is 0. The van der Waals surface area contributed by atoms with Gasteiger partial charge in [-0.05, 0) is 24.1 Å². The third kappa shape index (κ3) is 6.38. The first kappa shape index (κ1) is 18.1. The van der Waals surface area contributed by atoms with Crippen molar-refractivity contribution in [1.82, 2.24) is 5.32 Å². The first-order valence-corrected chi connectivity index (χ1v) is 7.45. The Morgan fingerprint density at radius 3 is 2.76 bits per heavy atom. The quantitative estimate of drug-likeness (QED) is 0.452. The summed E-state index contributed by atoms with van der Waals surface area (Å²) in [6.07, 6.45) is 1.86. The minimum atomic E-state index is -0.507. The van der Waals surface area contributed by atoms with E-state index < -0.39 is 4.92 Å². The smallest absolute Gasteiger partial charge is 0.270 e. The van der Waals surface area contributed by atoms with Crippen LogP contribution in [0.25, 0.3) is 0 Å². The third-order valence-corrected chi connectivity index (χ3v) is 3.20. The highest BCUT2D eigenvalue weighted by atomic mass is 19.1. The Hall–Kier alpha value is -3.29. The monoisotopic (exact) mass is 345 g/mol. The van der Waals surface area contributed by atoms with E-state index in [9.17, 15) is 19.3 Å². The lowest BCUT2D eigenvalue weighted by atomic mass is 10.1. The fourth-order valence-electron chi connectivity index (χ4n) is 1.96. The summed E-state index contributed by atoms with van der Waals surface area (Å²) in [4.78, 5) is 26.6. The van der Waals surface area contributed by atoms with Crippen LogP contribution in [0.1, 0.15) is 11.1 Å². The zero-order valence-corrected chi connectivity index (χ0v) is 13.2. The molecule has 0 aromatic heterocycles. The van der Waals surface area contributed by atoms with Gasteiger partial charge in [0.25, 0.3) is 11.6 Å². The van der Waals surface area contributed by atoms with Crippen molar-refractivity contribution in [2.75, 3.05) is 13.2 Å². The maximum Gasteiger partial charge on any atom is 0.270 e. The molecule has 0 spiro atoms. The summed E-state index contributed by atoms with van der Waals surface area (Å²) < 4.78 is 12.8. The van der Waals surface area contributed by atoms with Crippen LogP contribution in [0.5, 0.6) is 0 Å². The van der Waals surface area contributed by atoms with Crippen LogP contribution in [0.2, 0.25) is 0 Å². The van der Waals surface area contributed by atoms with Crippen LogP contribution in [0, 0.1) is 15.9 Å². The number of hydrogen-bond acceptors (Lipinski definition) is 5. The Morgan fingerprint density at radius 1 is 1.28 bits per heavy atom. The molecule has 2 aromatic carbocycles. The predicted octanol–water partition coefficient (Wildman–Crippen LogP) is 2.44. The Balaban J connectivity index is 1.68. The lowest BCUT2D eigenvalue weighted by molar-refractivity contribution is -0.384. The molecule has 1 N–H and O–H groups in total. The SMILES string of the molecule is O=C(CO/N=C\c1cccc([N+](=O)[O-])c1)NCCc1ccc(F)cc1. The molecule has 0 fully saturated rings. The standard InChI is InChI=1S/C17H16FN3O4/c18-15-6-4-13(5-7-15)8-9-19-17(22)12-25-20-11-14-2-1-3-16(10-14)21(23)24/h1-7,10-11H,8-9,12H2,(H,19,22)/b20-11-. The van der Waals surface area contributed by atoms with Gasteiger partial charge in [0, 0.05) is 24.2 Å². The molecule has 0 saturated carbocycles. The molecule has 0 aliphatic heterocycles. The number of nitrogens with zero attached hydrogens (tertiary/aromatic N) is 2. The topological polar surface area (TPSA) is 93.8 Å². The summed E-state index contributed by atoms with van der Waals surface area (Å²) >= 11 is 0. The molecule has 2 aromatic rings. The van der Waals surface area contributed by atoms with Crippen LogP contribution >= 0.6 is 0 Å². The van der Waals surface area contributed by atoms with Crippen molar-refractivity contribution in [3.8, 4) is 0 Å². The molecule has 0 saturated heterocycles. The lowest BCUT2D eigenvalue weighted by Crippen LogP contribution is -2.28. The number of benzene rings is 2. The zero-order chi connectivity index (χ0) is 18.1. The van der Waals surface area contributed by atoms with E-state index >= 15 is 0 Å².